The van der Waals surface area contributed by atoms with Crippen LogP contribution in [0.25, 0.3) is 5.57 Å². The summed E-state index contributed by atoms with van der Waals surface area (Å²) in [6.07, 6.45) is 1.77. The molecule has 2 amide bonds. The molecule has 0 radical (unpaired) electrons. The number of hydrogen-bond acceptors (Lipinski definition) is 4. The number of carbonyl (C=O) groups is 2. The highest BCUT2D eigenvalue weighted by atomic mass is 32.2. The zero-order valence-electron chi connectivity index (χ0n) is 19.6. The molecule has 2 N–H and O–H groups in total. The van der Waals surface area contributed by atoms with E-state index in [1.807, 2.05) is 37.4 Å². The van der Waals surface area contributed by atoms with Crippen molar-refractivity contribution in [1.82, 2.24) is 10.2 Å². The number of hydrogen-bond donors (Lipinski definition) is 2. The van der Waals surface area contributed by atoms with E-state index in [-0.39, 0.29) is 24.8 Å². The van der Waals surface area contributed by atoms with Gasteiger partial charge >= 0.3 is 0 Å². The maximum atomic E-state index is 12.9. The number of aliphatic hydroxyl groups excluding tert-OH is 1. The molecule has 2 aliphatic rings. The van der Waals surface area contributed by atoms with Crippen LogP contribution in [0.1, 0.15) is 51.2 Å². The van der Waals surface area contributed by atoms with E-state index in [1.54, 1.807) is 0 Å². The van der Waals surface area contributed by atoms with Crippen molar-refractivity contribution in [2.75, 3.05) is 19.7 Å². The van der Waals surface area contributed by atoms with Gasteiger partial charge in [-0.1, -0.05) is 74.5 Å². The lowest BCUT2D eigenvalue weighted by Crippen LogP contribution is -2.47. The molecule has 1 saturated heterocycles. The number of benzene rings is 2. The summed E-state index contributed by atoms with van der Waals surface area (Å²) in [5.41, 5.74) is 4.70. The summed E-state index contributed by atoms with van der Waals surface area (Å²) in [6, 6.07) is 16.5. The fraction of sp³-hybridized carbons (Fsp3) is 0.407. The lowest BCUT2D eigenvalue weighted by Gasteiger charge is -2.33. The van der Waals surface area contributed by atoms with E-state index < -0.39 is 11.5 Å². The standard InChI is InChI=1S/C27H32N2O3S/c1-27(2,3)26(32)28-19(17-30)16-24(31)29-14-12-18(13-15-29)25-20-8-4-6-10-22(20)33-23-11-7-5-9-21(23)25/h4-11,19,30H,12-17H2,1-3H3,(H,28,32)/t19-/m1/s1. The minimum atomic E-state index is -0.562. The lowest BCUT2D eigenvalue weighted by atomic mass is 9.88. The number of fused-ring (bicyclic) bond motifs is 2. The van der Waals surface area contributed by atoms with E-state index in [4.69, 9.17) is 0 Å². The van der Waals surface area contributed by atoms with Crippen molar-refractivity contribution in [2.45, 2.75) is 55.9 Å². The van der Waals surface area contributed by atoms with E-state index >= 15 is 0 Å². The van der Waals surface area contributed by atoms with Crippen LogP contribution in [0.4, 0.5) is 0 Å². The molecule has 0 unspecified atom stereocenters. The molecule has 1 atom stereocenters. The fourth-order valence-corrected chi connectivity index (χ4v) is 5.44. The predicted octanol–water partition coefficient (Wildman–Crippen LogP) is 4.49. The molecule has 0 aliphatic carbocycles. The number of carbonyl (C=O) groups excluding carboxylic acids is 2. The van der Waals surface area contributed by atoms with Crippen LogP contribution in [0.5, 0.6) is 0 Å². The number of nitrogens with zero attached hydrogens (tertiary/aromatic N) is 1. The highest BCUT2D eigenvalue weighted by molar-refractivity contribution is 7.99. The van der Waals surface area contributed by atoms with Crippen molar-refractivity contribution >= 4 is 29.1 Å². The van der Waals surface area contributed by atoms with Crippen LogP contribution >= 0.6 is 11.8 Å². The first-order chi connectivity index (χ1) is 15.8. The van der Waals surface area contributed by atoms with Crippen molar-refractivity contribution in [3.8, 4) is 0 Å². The molecule has 0 aromatic heterocycles. The molecule has 33 heavy (non-hydrogen) atoms. The third kappa shape index (κ3) is 5.17. The first-order valence-corrected chi connectivity index (χ1v) is 12.4. The minimum Gasteiger partial charge on any atom is -0.394 e. The number of amides is 2. The highest BCUT2D eigenvalue weighted by Gasteiger charge is 2.29. The normalized spacial score (nSPS) is 16.7. The van der Waals surface area contributed by atoms with Crippen LogP contribution in [0, 0.1) is 5.41 Å². The highest BCUT2D eigenvalue weighted by Crippen LogP contribution is 2.47. The summed E-state index contributed by atoms with van der Waals surface area (Å²) in [5, 5.41) is 12.5. The summed E-state index contributed by atoms with van der Waals surface area (Å²) >= 11 is 1.81. The summed E-state index contributed by atoms with van der Waals surface area (Å²) in [5.74, 6) is -0.181. The SMILES string of the molecule is CC(C)(C)C(=O)N[C@@H](CO)CC(=O)N1CCC(=C2c3ccccc3Sc3ccccc32)CC1. The van der Waals surface area contributed by atoms with Crippen LogP contribution in [0.15, 0.2) is 63.9 Å². The van der Waals surface area contributed by atoms with Gasteiger partial charge in [0.2, 0.25) is 11.8 Å². The Morgan fingerprint density at radius 1 is 1.00 bits per heavy atom. The van der Waals surface area contributed by atoms with Gasteiger partial charge < -0.3 is 15.3 Å². The van der Waals surface area contributed by atoms with Crippen molar-refractivity contribution in [1.29, 1.82) is 0 Å². The molecule has 6 heteroatoms. The predicted molar refractivity (Wildman–Crippen MR) is 132 cm³/mol. The molecule has 0 saturated carbocycles. The van der Waals surface area contributed by atoms with Crippen LogP contribution in [-0.2, 0) is 9.59 Å². The summed E-state index contributed by atoms with van der Waals surface area (Å²) < 4.78 is 0. The molecule has 5 nitrogen and oxygen atoms in total. The first kappa shape index (κ1) is 23.6. The maximum Gasteiger partial charge on any atom is 0.225 e. The topological polar surface area (TPSA) is 69.6 Å². The van der Waals surface area contributed by atoms with Gasteiger partial charge in [0.25, 0.3) is 0 Å². The van der Waals surface area contributed by atoms with Gasteiger partial charge in [0.15, 0.2) is 0 Å². The van der Waals surface area contributed by atoms with Gasteiger partial charge in [-0.2, -0.15) is 0 Å². The first-order valence-electron chi connectivity index (χ1n) is 11.6. The smallest absolute Gasteiger partial charge is 0.225 e. The van der Waals surface area contributed by atoms with Crippen LogP contribution in [-0.4, -0.2) is 47.6 Å². The van der Waals surface area contributed by atoms with Crippen molar-refractivity contribution in [2.24, 2.45) is 5.41 Å². The van der Waals surface area contributed by atoms with Gasteiger partial charge in [-0.3, -0.25) is 9.59 Å². The molecular formula is C27H32N2O3S. The number of aliphatic hydroxyl groups is 1. The van der Waals surface area contributed by atoms with Crippen LogP contribution in [0.2, 0.25) is 0 Å². The van der Waals surface area contributed by atoms with Gasteiger partial charge in [-0.05, 0) is 41.7 Å². The quantitative estimate of drug-likeness (QED) is 0.597. The zero-order chi connectivity index (χ0) is 23.6. The average Bonchev–Trinajstić information content (AvgIpc) is 2.81. The van der Waals surface area contributed by atoms with Crippen molar-refractivity contribution in [3.63, 3.8) is 0 Å². The number of piperidine rings is 1. The second-order valence-electron chi connectivity index (χ2n) is 9.76. The molecule has 174 valence electrons. The van der Waals surface area contributed by atoms with Crippen molar-refractivity contribution < 1.29 is 14.7 Å². The fourth-order valence-electron chi connectivity index (χ4n) is 4.35. The maximum absolute atomic E-state index is 12.9. The number of likely N-dealkylation sites (tertiary alicyclic amines) is 1. The number of nitrogens with one attached hydrogen (secondary N) is 1. The van der Waals surface area contributed by atoms with Gasteiger partial charge in [0.1, 0.15) is 0 Å². The Morgan fingerprint density at radius 2 is 1.55 bits per heavy atom. The minimum absolute atomic E-state index is 0.0210. The Hall–Kier alpha value is -2.57. The molecule has 0 bridgehead atoms. The average molecular weight is 465 g/mol. The van der Waals surface area contributed by atoms with Gasteiger partial charge in [-0.25, -0.2) is 0 Å². The Morgan fingerprint density at radius 3 is 2.06 bits per heavy atom. The van der Waals surface area contributed by atoms with Gasteiger partial charge in [-0.15, -0.1) is 0 Å². The molecule has 0 spiro atoms. The van der Waals surface area contributed by atoms with E-state index in [9.17, 15) is 14.7 Å². The van der Waals surface area contributed by atoms with Crippen molar-refractivity contribution in [3.05, 3.63) is 65.2 Å². The number of rotatable bonds is 4. The van der Waals surface area contributed by atoms with E-state index in [2.05, 4.69) is 53.8 Å². The Labute approximate surface area is 200 Å². The monoisotopic (exact) mass is 464 g/mol. The van der Waals surface area contributed by atoms with E-state index in [0.717, 1.165) is 12.8 Å². The summed E-state index contributed by atoms with van der Waals surface area (Å²) in [4.78, 5) is 29.6. The second kappa shape index (κ2) is 9.74. The summed E-state index contributed by atoms with van der Waals surface area (Å²) in [7, 11) is 0. The second-order valence-corrected chi connectivity index (χ2v) is 10.8. The Balaban J connectivity index is 1.48. The molecular weight excluding hydrogens is 432 g/mol. The largest absolute Gasteiger partial charge is 0.394 e. The van der Waals surface area contributed by atoms with Crippen LogP contribution < -0.4 is 5.32 Å². The Kier molecular flexibility index (Phi) is 6.96. The van der Waals surface area contributed by atoms with E-state index in [0.29, 0.717) is 13.1 Å². The van der Waals surface area contributed by atoms with Gasteiger partial charge in [0.05, 0.1) is 12.6 Å². The molecule has 2 aromatic carbocycles. The molecule has 4 rings (SSSR count). The molecule has 2 heterocycles. The third-order valence-electron chi connectivity index (χ3n) is 6.26. The van der Waals surface area contributed by atoms with E-state index in [1.165, 1.54) is 32.1 Å². The third-order valence-corrected chi connectivity index (χ3v) is 7.42. The Bertz CT molecular complexity index is 1030. The molecule has 2 aliphatic heterocycles. The molecule has 1 fully saturated rings. The molecule has 2 aromatic rings. The van der Waals surface area contributed by atoms with Gasteiger partial charge in [0, 0.05) is 34.7 Å². The zero-order valence-corrected chi connectivity index (χ0v) is 20.4. The van der Waals surface area contributed by atoms with Crippen LogP contribution in [0.3, 0.4) is 0 Å². The summed E-state index contributed by atoms with van der Waals surface area (Å²) in [6.45, 7) is 6.51. The lowest BCUT2D eigenvalue weighted by molar-refractivity contribution is -0.133.